The fraction of sp³-hybridized carbons (Fsp3) is 0.391. The second-order valence-electron chi connectivity index (χ2n) is 7.71. The van der Waals surface area contributed by atoms with Crippen molar-refractivity contribution in [1.82, 2.24) is 9.88 Å². The molecule has 0 spiro atoms. The number of rotatable bonds is 6. The maximum absolute atomic E-state index is 12.8. The predicted molar refractivity (Wildman–Crippen MR) is 126 cm³/mol. The number of ether oxygens (including phenoxy) is 2. The molecule has 0 unspecified atom stereocenters. The van der Waals surface area contributed by atoms with E-state index in [4.69, 9.17) is 26.1 Å². The highest BCUT2D eigenvalue weighted by atomic mass is 35.5. The Morgan fingerprint density at radius 3 is 2.61 bits per heavy atom. The standard InChI is InChI=1S/C23H26ClN3O3S/c1-14(22(28)25-17-5-6-19(29-2)20(13-17)30-3)27-10-8-15(9-11-27)23-26-18-12-16(24)4-7-21(18)31-23/h4-7,12-15H,8-11H2,1-3H3,(H,25,28)/t14-/m1/s1. The Hall–Kier alpha value is -2.35. The lowest BCUT2D eigenvalue weighted by atomic mass is 9.96. The van der Waals surface area contributed by atoms with Crippen molar-refractivity contribution in [2.75, 3.05) is 32.6 Å². The smallest absolute Gasteiger partial charge is 0.241 e. The van der Waals surface area contributed by atoms with E-state index >= 15 is 0 Å². The van der Waals surface area contributed by atoms with Gasteiger partial charge in [0.2, 0.25) is 5.91 Å². The van der Waals surface area contributed by atoms with Crippen LogP contribution in [0.5, 0.6) is 11.5 Å². The van der Waals surface area contributed by atoms with E-state index < -0.39 is 0 Å². The number of anilines is 1. The second kappa shape index (κ2) is 9.42. The van der Waals surface area contributed by atoms with Crippen LogP contribution in [-0.4, -0.2) is 49.1 Å². The number of aromatic nitrogens is 1. The molecule has 4 rings (SSSR count). The van der Waals surface area contributed by atoms with E-state index in [-0.39, 0.29) is 11.9 Å². The number of carbonyl (C=O) groups is 1. The normalized spacial score (nSPS) is 16.3. The van der Waals surface area contributed by atoms with Crippen LogP contribution >= 0.6 is 22.9 Å². The molecule has 6 nitrogen and oxygen atoms in total. The highest BCUT2D eigenvalue weighted by Crippen LogP contribution is 2.35. The SMILES string of the molecule is COc1ccc(NC(=O)[C@@H](C)N2CCC(c3nc4cc(Cl)ccc4s3)CC2)cc1OC. The maximum Gasteiger partial charge on any atom is 0.241 e. The summed E-state index contributed by atoms with van der Waals surface area (Å²) in [5, 5.41) is 4.87. The predicted octanol–water partition coefficient (Wildman–Crippen LogP) is 5.17. The largest absolute Gasteiger partial charge is 0.493 e. The zero-order valence-electron chi connectivity index (χ0n) is 17.9. The highest BCUT2D eigenvalue weighted by Gasteiger charge is 2.29. The Morgan fingerprint density at radius 2 is 1.90 bits per heavy atom. The van der Waals surface area contributed by atoms with E-state index in [0.717, 1.165) is 31.4 Å². The number of nitrogens with zero attached hydrogens (tertiary/aromatic N) is 2. The molecule has 0 bridgehead atoms. The summed E-state index contributed by atoms with van der Waals surface area (Å²) in [5.74, 6) is 1.62. The molecular weight excluding hydrogens is 434 g/mol. The van der Waals surface area contributed by atoms with E-state index in [0.29, 0.717) is 28.1 Å². The van der Waals surface area contributed by atoms with Gasteiger partial charge in [-0.15, -0.1) is 11.3 Å². The molecule has 1 aromatic heterocycles. The maximum atomic E-state index is 12.8. The number of methoxy groups -OCH3 is 2. The van der Waals surface area contributed by atoms with Crippen molar-refractivity contribution in [3.63, 3.8) is 0 Å². The molecule has 1 N–H and O–H groups in total. The van der Waals surface area contributed by atoms with Gasteiger partial charge >= 0.3 is 0 Å². The van der Waals surface area contributed by atoms with Crippen LogP contribution in [0.25, 0.3) is 10.2 Å². The summed E-state index contributed by atoms with van der Waals surface area (Å²) in [6.07, 6.45) is 1.98. The van der Waals surface area contributed by atoms with Crippen LogP contribution in [0.4, 0.5) is 5.69 Å². The lowest BCUT2D eigenvalue weighted by Crippen LogP contribution is -2.45. The van der Waals surface area contributed by atoms with E-state index in [1.165, 1.54) is 9.71 Å². The zero-order chi connectivity index (χ0) is 22.0. The second-order valence-corrected chi connectivity index (χ2v) is 9.21. The van der Waals surface area contributed by atoms with E-state index in [2.05, 4.69) is 10.2 Å². The summed E-state index contributed by atoms with van der Waals surface area (Å²) in [7, 11) is 3.17. The molecular formula is C23H26ClN3O3S. The number of hydrogen-bond donors (Lipinski definition) is 1. The van der Waals surface area contributed by atoms with Gasteiger partial charge in [-0.05, 0) is 63.2 Å². The first-order valence-electron chi connectivity index (χ1n) is 10.3. The van der Waals surface area contributed by atoms with Gasteiger partial charge in [0.05, 0.1) is 35.5 Å². The van der Waals surface area contributed by atoms with Crippen molar-refractivity contribution in [2.45, 2.75) is 31.7 Å². The van der Waals surface area contributed by atoms with Crippen LogP contribution in [0.15, 0.2) is 36.4 Å². The van der Waals surface area contributed by atoms with Crippen molar-refractivity contribution >= 4 is 44.7 Å². The molecule has 8 heteroatoms. The third-order valence-electron chi connectivity index (χ3n) is 5.82. The van der Waals surface area contributed by atoms with Crippen molar-refractivity contribution in [3.05, 3.63) is 46.4 Å². The van der Waals surface area contributed by atoms with Gasteiger partial charge in [-0.25, -0.2) is 4.98 Å². The first-order chi connectivity index (χ1) is 15.0. The third kappa shape index (κ3) is 4.79. The topological polar surface area (TPSA) is 63.7 Å². The van der Waals surface area contributed by atoms with E-state index in [1.807, 2.05) is 31.2 Å². The molecule has 1 saturated heterocycles. The summed E-state index contributed by atoms with van der Waals surface area (Å²) >= 11 is 7.84. The Morgan fingerprint density at radius 1 is 1.16 bits per heavy atom. The molecule has 3 aromatic rings. The van der Waals surface area contributed by atoms with Gasteiger partial charge in [0.1, 0.15) is 0 Å². The van der Waals surface area contributed by atoms with Gasteiger partial charge in [-0.1, -0.05) is 11.6 Å². The van der Waals surface area contributed by atoms with Crippen LogP contribution in [0.1, 0.15) is 30.7 Å². The van der Waals surface area contributed by atoms with Gasteiger partial charge in [0.25, 0.3) is 0 Å². The number of fused-ring (bicyclic) bond motifs is 1. The average molecular weight is 460 g/mol. The van der Waals surface area contributed by atoms with Crippen LogP contribution in [0.3, 0.4) is 0 Å². The summed E-state index contributed by atoms with van der Waals surface area (Å²) < 4.78 is 11.7. The van der Waals surface area contributed by atoms with Crippen LogP contribution in [0.2, 0.25) is 5.02 Å². The molecule has 2 aromatic carbocycles. The Bertz CT molecular complexity index is 1080. The van der Waals surface area contributed by atoms with Gasteiger partial charge in [0, 0.05) is 22.7 Å². The summed E-state index contributed by atoms with van der Waals surface area (Å²) in [5.41, 5.74) is 1.66. The number of hydrogen-bond acceptors (Lipinski definition) is 6. The quantitative estimate of drug-likeness (QED) is 0.550. The minimum absolute atomic E-state index is 0.0275. The molecule has 0 aliphatic carbocycles. The number of nitrogens with one attached hydrogen (secondary N) is 1. The molecule has 1 aliphatic rings. The van der Waals surface area contributed by atoms with Crippen LogP contribution in [-0.2, 0) is 4.79 Å². The van der Waals surface area contributed by atoms with Crippen molar-refractivity contribution in [3.8, 4) is 11.5 Å². The van der Waals surface area contributed by atoms with Crippen LogP contribution < -0.4 is 14.8 Å². The molecule has 2 heterocycles. The minimum Gasteiger partial charge on any atom is -0.493 e. The fourth-order valence-corrected chi connectivity index (χ4v) is 5.24. The Labute approximate surface area is 191 Å². The van der Waals surface area contributed by atoms with Gasteiger partial charge in [-0.3, -0.25) is 9.69 Å². The van der Waals surface area contributed by atoms with Crippen molar-refractivity contribution < 1.29 is 14.3 Å². The molecule has 164 valence electrons. The number of carbonyl (C=O) groups excluding carboxylic acids is 1. The minimum atomic E-state index is -0.219. The first kappa shape index (κ1) is 21.9. The lowest BCUT2D eigenvalue weighted by molar-refractivity contribution is -0.121. The Balaban J connectivity index is 1.36. The molecule has 1 aliphatic heterocycles. The average Bonchev–Trinajstić information content (AvgIpc) is 3.21. The fourth-order valence-electron chi connectivity index (χ4n) is 3.95. The molecule has 0 radical (unpaired) electrons. The highest BCUT2D eigenvalue weighted by molar-refractivity contribution is 7.18. The number of thiazole rings is 1. The molecule has 1 atom stereocenters. The molecule has 31 heavy (non-hydrogen) atoms. The van der Waals surface area contributed by atoms with Crippen molar-refractivity contribution in [1.29, 1.82) is 0 Å². The monoisotopic (exact) mass is 459 g/mol. The lowest BCUT2D eigenvalue weighted by Gasteiger charge is -2.34. The number of amides is 1. The molecule has 1 amide bonds. The number of benzene rings is 2. The van der Waals surface area contributed by atoms with Gasteiger partial charge in [-0.2, -0.15) is 0 Å². The Kier molecular flexibility index (Phi) is 6.65. The zero-order valence-corrected chi connectivity index (χ0v) is 19.4. The summed E-state index contributed by atoms with van der Waals surface area (Å²) in [6, 6.07) is 11.0. The number of likely N-dealkylation sites (tertiary alicyclic amines) is 1. The van der Waals surface area contributed by atoms with Crippen molar-refractivity contribution in [2.24, 2.45) is 0 Å². The summed E-state index contributed by atoms with van der Waals surface area (Å²) in [4.78, 5) is 19.9. The number of piperidine rings is 1. The van der Waals surface area contributed by atoms with E-state index in [1.54, 1.807) is 37.7 Å². The van der Waals surface area contributed by atoms with Crippen LogP contribution in [0, 0.1) is 0 Å². The first-order valence-corrected chi connectivity index (χ1v) is 11.5. The summed E-state index contributed by atoms with van der Waals surface area (Å²) in [6.45, 7) is 3.68. The molecule has 0 saturated carbocycles. The number of halogens is 1. The molecule has 1 fully saturated rings. The third-order valence-corrected chi connectivity index (χ3v) is 7.26. The van der Waals surface area contributed by atoms with Gasteiger partial charge < -0.3 is 14.8 Å². The van der Waals surface area contributed by atoms with E-state index in [9.17, 15) is 4.79 Å². The van der Waals surface area contributed by atoms with Gasteiger partial charge in [0.15, 0.2) is 11.5 Å².